The quantitative estimate of drug-likeness (QED) is 0.764. The van der Waals surface area contributed by atoms with Gasteiger partial charge in [-0.25, -0.2) is 9.79 Å². The van der Waals surface area contributed by atoms with Gasteiger partial charge < -0.3 is 9.84 Å². The molecule has 82 valence electrons. The molecule has 0 spiro atoms. The monoisotopic (exact) mass is 219 g/mol. The van der Waals surface area contributed by atoms with E-state index in [1.807, 2.05) is 6.07 Å². The fourth-order valence-electron chi connectivity index (χ4n) is 1.39. The van der Waals surface area contributed by atoms with E-state index in [1.165, 1.54) is 0 Å². The molecule has 1 aliphatic heterocycles. The van der Waals surface area contributed by atoms with Gasteiger partial charge in [0.1, 0.15) is 0 Å². The molecule has 0 saturated carbocycles. The fourth-order valence-corrected chi connectivity index (χ4v) is 1.39. The predicted octanol–water partition coefficient (Wildman–Crippen LogP) is 0.833. The molecule has 1 heterocycles. The Morgan fingerprint density at radius 2 is 2.06 bits per heavy atom. The molecular formula is C11H9NO4. The number of carbonyl (C=O) groups excluding carboxylic acids is 1. The SMILES string of the molecule is O=C(O)CC1N=C(c2ccccc2)OC1=O. The lowest BCUT2D eigenvalue weighted by Gasteiger charge is -1.98. The topological polar surface area (TPSA) is 76.0 Å². The average molecular weight is 219 g/mol. The van der Waals surface area contributed by atoms with Crippen LogP contribution >= 0.6 is 0 Å². The lowest BCUT2D eigenvalue weighted by Crippen LogP contribution is -2.18. The van der Waals surface area contributed by atoms with Crippen molar-refractivity contribution < 1.29 is 19.4 Å². The van der Waals surface area contributed by atoms with E-state index in [1.54, 1.807) is 24.3 Å². The molecule has 5 nitrogen and oxygen atoms in total. The van der Waals surface area contributed by atoms with E-state index in [4.69, 9.17) is 9.84 Å². The van der Waals surface area contributed by atoms with Crippen LogP contribution in [0, 0.1) is 0 Å². The summed E-state index contributed by atoms with van der Waals surface area (Å²) in [6.45, 7) is 0. The molecule has 0 aliphatic carbocycles. The van der Waals surface area contributed by atoms with E-state index in [0.717, 1.165) is 0 Å². The average Bonchev–Trinajstić information content (AvgIpc) is 2.61. The minimum atomic E-state index is -1.07. The second-order valence-electron chi connectivity index (χ2n) is 3.34. The largest absolute Gasteiger partial charge is 0.481 e. The highest BCUT2D eigenvalue weighted by Crippen LogP contribution is 2.15. The van der Waals surface area contributed by atoms with Gasteiger partial charge >= 0.3 is 11.9 Å². The second kappa shape index (κ2) is 4.14. The molecule has 1 unspecified atom stereocenters. The molecule has 0 amide bonds. The number of carbonyl (C=O) groups is 2. The highest BCUT2D eigenvalue weighted by molar-refractivity contribution is 6.06. The number of benzene rings is 1. The lowest BCUT2D eigenvalue weighted by molar-refractivity contribution is -0.142. The Bertz CT molecular complexity index is 452. The number of aliphatic carboxylic acids is 1. The summed E-state index contributed by atoms with van der Waals surface area (Å²) >= 11 is 0. The summed E-state index contributed by atoms with van der Waals surface area (Å²) < 4.78 is 4.91. The number of esters is 1. The van der Waals surface area contributed by atoms with Crippen LogP contribution in [-0.2, 0) is 14.3 Å². The molecule has 1 aromatic rings. The third-order valence-electron chi connectivity index (χ3n) is 2.13. The molecule has 0 radical (unpaired) electrons. The van der Waals surface area contributed by atoms with Crippen molar-refractivity contribution in [2.24, 2.45) is 4.99 Å². The van der Waals surface area contributed by atoms with E-state index in [-0.39, 0.29) is 12.3 Å². The number of nitrogens with zero attached hydrogens (tertiary/aromatic N) is 1. The zero-order valence-corrected chi connectivity index (χ0v) is 8.29. The molecule has 1 aromatic carbocycles. The lowest BCUT2D eigenvalue weighted by atomic mass is 10.2. The summed E-state index contributed by atoms with van der Waals surface area (Å²) in [6, 6.07) is 7.97. The maximum absolute atomic E-state index is 11.3. The summed E-state index contributed by atoms with van der Waals surface area (Å²) in [5, 5.41) is 8.57. The van der Waals surface area contributed by atoms with Gasteiger partial charge in [-0.1, -0.05) is 18.2 Å². The van der Waals surface area contributed by atoms with Crippen molar-refractivity contribution in [3.8, 4) is 0 Å². The maximum Gasteiger partial charge on any atom is 0.338 e. The summed E-state index contributed by atoms with van der Waals surface area (Å²) in [4.78, 5) is 25.7. The van der Waals surface area contributed by atoms with Gasteiger partial charge in [0.25, 0.3) is 0 Å². The zero-order valence-electron chi connectivity index (χ0n) is 8.29. The van der Waals surface area contributed by atoms with Gasteiger partial charge in [0.2, 0.25) is 5.90 Å². The van der Waals surface area contributed by atoms with Gasteiger partial charge in [-0.2, -0.15) is 0 Å². The molecule has 0 fully saturated rings. The van der Waals surface area contributed by atoms with Gasteiger partial charge in [0.05, 0.1) is 6.42 Å². The molecule has 1 atom stereocenters. The number of cyclic esters (lactones) is 1. The number of hydrogen-bond acceptors (Lipinski definition) is 4. The third kappa shape index (κ3) is 2.08. The van der Waals surface area contributed by atoms with E-state index < -0.39 is 18.0 Å². The van der Waals surface area contributed by atoms with Crippen LogP contribution in [-0.4, -0.2) is 29.0 Å². The highest BCUT2D eigenvalue weighted by atomic mass is 16.6. The second-order valence-corrected chi connectivity index (χ2v) is 3.34. The van der Waals surface area contributed by atoms with Gasteiger partial charge in [-0.05, 0) is 12.1 Å². The van der Waals surface area contributed by atoms with Crippen LogP contribution in [0.3, 0.4) is 0 Å². The van der Waals surface area contributed by atoms with Crippen molar-refractivity contribution in [1.29, 1.82) is 0 Å². The first-order valence-electron chi connectivity index (χ1n) is 4.73. The molecule has 0 aromatic heterocycles. The van der Waals surface area contributed by atoms with Crippen molar-refractivity contribution in [3.63, 3.8) is 0 Å². The molecule has 16 heavy (non-hydrogen) atoms. The molecule has 1 N–H and O–H groups in total. The van der Waals surface area contributed by atoms with Crippen molar-refractivity contribution in [1.82, 2.24) is 0 Å². The number of carboxylic acids is 1. The summed E-state index contributed by atoms with van der Waals surface area (Å²) in [5.74, 6) is -1.49. The van der Waals surface area contributed by atoms with Crippen molar-refractivity contribution >= 4 is 17.8 Å². The Hall–Kier alpha value is -2.17. The number of ether oxygens (including phenoxy) is 1. The zero-order chi connectivity index (χ0) is 11.5. The third-order valence-corrected chi connectivity index (χ3v) is 2.13. The van der Waals surface area contributed by atoms with Gasteiger partial charge in [0.15, 0.2) is 6.04 Å². The molecule has 5 heteroatoms. The minimum absolute atomic E-state index is 0.192. The molecule has 2 rings (SSSR count). The standard InChI is InChI=1S/C11H9NO4/c13-9(14)6-8-11(15)16-10(12-8)7-4-2-1-3-5-7/h1-5,8H,6H2,(H,13,14). The van der Waals surface area contributed by atoms with Crippen LogP contribution in [0.1, 0.15) is 12.0 Å². The molecule has 0 bridgehead atoms. The van der Waals surface area contributed by atoms with Gasteiger partial charge in [0, 0.05) is 5.56 Å². The molecule has 0 saturated heterocycles. The Morgan fingerprint density at radius 3 is 2.69 bits per heavy atom. The minimum Gasteiger partial charge on any atom is -0.481 e. The fraction of sp³-hybridized carbons (Fsp3) is 0.182. The van der Waals surface area contributed by atoms with Crippen LogP contribution in [0.25, 0.3) is 0 Å². The summed E-state index contributed by atoms with van der Waals surface area (Å²) in [5.41, 5.74) is 0.670. The van der Waals surface area contributed by atoms with E-state index in [9.17, 15) is 9.59 Å². The molecular weight excluding hydrogens is 210 g/mol. The Kier molecular flexibility index (Phi) is 2.68. The normalized spacial score (nSPS) is 19.1. The van der Waals surface area contributed by atoms with Crippen LogP contribution < -0.4 is 0 Å². The van der Waals surface area contributed by atoms with Gasteiger partial charge in [-0.3, -0.25) is 4.79 Å². The van der Waals surface area contributed by atoms with E-state index >= 15 is 0 Å². The number of hydrogen-bond donors (Lipinski definition) is 1. The van der Waals surface area contributed by atoms with E-state index in [2.05, 4.69) is 4.99 Å². The smallest absolute Gasteiger partial charge is 0.338 e. The van der Waals surface area contributed by atoms with E-state index in [0.29, 0.717) is 5.56 Å². The Labute approximate surface area is 91.4 Å². The highest BCUT2D eigenvalue weighted by Gasteiger charge is 2.31. The first-order valence-corrected chi connectivity index (χ1v) is 4.73. The van der Waals surface area contributed by atoms with Gasteiger partial charge in [-0.15, -0.1) is 0 Å². The first kappa shape index (κ1) is 10.4. The summed E-state index contributed by atoms with van der Waals surface area (Å²) in [6.07, 6.45) is -0.338. The van der Waals surface area contributed by atoms with Crippen molar-refractivity contribution in [2.75, 3.05) is 0 Å². The summed E-state index contributed by atoms with van der Waals surface area (Å²) in [7, 11) is 0. The first-order chi connectivity index (χ1) is 7.66. The maximum atomic E-state index is 11.3. The predicted molar refractivity (Wildman–Crippen MR) is 55.1 cm³/mol. The number of aliphatic imine (C=N–C) groups is 1. The van der Waals surface area contributed by atoms with Crippen molar-refractivity contribution in [3.05, 3.63) is 35.9 Å². The number of carboxylic acid groups (broad SMARTS) is 1. The number of rotatable bonds is 3. The van der Waals surface area contributed by atoms with Crippen LogP contribution in [0.2, 0.25) is 0 Å². The Morgan fingerprint density at radius 1 is 1.38 bits per heavy atom. The Balaban J connectivity index is 2.20. The van der Waals surface area contributed by atoms with Crippen LogP contribution in [0.5, 0.6) is 0 Å². The molecule has 1 aliphatic rings. The van der Waals surface area contributed by atoms with Crippen LogP contribution in [0.15, 0.2) is 35.3 Å². The van der Waals surface area contributed by atoms with Crippen molar-refractivity contribution in [2.45, 2.75) is 12.5 Å². The van der Waals surface area contributed by atoms with Crippen LogP contribution in [0.4, 0.5) is 0 Å².